The van der Waals surface area contributed by atoms with E-state index < -0.39 is 6.04 Å². The molecule has 5 heteroatoms. The van der Waals surface area contributed by atoms with Gasteiger partial charge < -0.3 is 15.2 Å². The van der Waals surface area contributed by atoms with Crippen molar-refractivity contribution in [1.82, 2.24) is 0 Å². The van der Waals surface area contributed by atoms with Crippen molar-refractivity contribution in [2.75, 3.05) is 13.7 Å². The molecule has 0 aromatic carbocycles. The maximum absolute atomic E-state index is 10.9. The molecule has 0 amide bonds. The summed E-state index contributed by atoms with van der Waals surface area (Å²) in [6.07, 6.45) is 2.80. The SMILES string of the molecule is COC(=O)C(N)C[C@@H]1CCCO1.Cl. The molecule has 1 aliphatic rings. The van der Waals surface area contributed by atoms with Crippen molar-refractivity contribution >= 4 is 18.4 Å². The monoisotopic (exact) mass is 209 g/mol. The number of halogens is 1. The third kappa shape index (κ3) is 3.93. The predicted molar refractivity (Wildman–Crippen MR) is 50.8 cm³/mol. The van der Waals surface area contributed by atoms with Gasteiger partial charge in [0.2, 0.25) is 0 Å². The predicted octanol–water partition coefficient (Wildman–Crippen LogP) is 0.478. The van der Waals surface area contributed by atoms with Crippen molar-refractivity contribution < 1.29 is 14.3 Å². The van der Waals surface area contributed by atoms with Crippen molar-refractivity contribution in [2.24, 2.45) is 5.73 Å². The van der Waals surface area contributed by atoms with Gasteiger partial charge in [0.1, 0.15) is 6.04 Å². The Labute approximate surface area is 84.2 Å². The lowest BCUT2D eigenvalue weighted by molar-refractivity contribution is -0.143. The quantitative estimate of drug-likeness (QED) is 0.687. The average Bonchev–Trinajstić information content (AvgIpc) is 2.55. The molecule has 4 nitrogen and oxygen atoms in total. The maximum atomic E-state index is 10.9. The second-order valence-electron chi connectivity index (χ2n) is 3.00. The third-order valence-corrected chi connectivity index (χ3v) is 2.04. The van der Waals surface area contributed by atoms with Gasteiger partial charge in [-0.1, -0.05) is 0 Å². The minimum Gasteiger partial charge on any atom is -0.468 e. The lowest BCUT2D eigenvalue weighted by Gasteiger charge is -2.13. The van der Waals surface area contributed by atoms with Crippen LogP contribution in [0.2, 0.25) is 0 Å². The van der Waals surface area contributed by atoms with E-state index in [1.807, 2.05) is 0 Å². The molecular weight excluding hydrogens is 194 g/mol. The number of ether oxygens (including phenoxy) is 2. The number of esters is 1. The van der Waals surface area contributed by atoms with Gasteiger partial charge in [0.25, 0.3) is 0 Å². The molecule has 1 unspecified atom stereocenters. The van der Waals surface area contributed by atoms with Gasteiger partial charge in [0.05, 0.1) is 13.2 Å². The zero-order chi connectivity index (χ0) is 8.97. The number of hydrogen-bond donors (Lipinski definition) is 1. The summed E-state index contributed by atoms with van der Waals surface area (Å²) in [6, 6.07) is -0.530. The summed E-state index contributed by atoms with van der Waals surface area (Å²) >= 11 is 0. The summed E-state index contributed by atoms with van der Waals surface area (Å²) in [6.45, 7) is 0.790. The van der Waals surface area contributed by atoms with Gasteiger partial charge in [-0.25, -0.2) is 0 Å². The van der Waals surface area contributed by atoms with Crippen LogP contribution in [0.25, 0.3) is 0 Å². The average molecular weight is 210 g/mol. The highest BCUT2D eigenvalue weighted by Crippen LogP contribution is 2.16. The van der Waals surface area contributed by atoms with Crippen LogP contribution in [0, 0.1) is 0 Å². The molecule has 0 bridgehead atoms. The molecule has 1 saturated heterocycles. The highest BCUT2D eigenvalue weighted by atomic mass is 35.5. The van der Waals surface area contributed by atoms with Crippen molar-refractivity contribution in [3.8, 4) is 0 Å². The Morgan fingerprint density at radius 3 is 2.92 bits per heavy atom. The van der Waals surface area contributed by atoms with Crippen LogP contribution in [-0.4, -0.2) is 31.8 Å². The molecule has 1 fully saturated rings. The van der Waals surface area contributed by atoms with Crippen molar-refractivity contribution in [2.45, 2.75) is 31.4 Å². The fraction of sp³-hybridized carbons (Fsp3) is 0.875. The van der Waals surface area contributed by atoms with Gasteiger partial charge >= 0.3 is 5.97 Å². The molecule has 2 N–H and O–H groups in total. The first-order valence-corrected chi connectivity index (χ1v) is 4.19. The van der Waals surface area contributed by atoms with Crippen molar-refractivity contribution in [3.63, 3.8) is 0 Å². The smallest absolute Gasteiger partial charge is 0.322 e. The van der Waals surface area contributed by atoms with Gasteiger partial charge in [-0.15, -0.1) is 12.4 Å². The van der Waals surface area contributed by atoms with E-state index in [1.54, 1.807) is 0 Å². The molecule has 0 spiro atoms. The highest BCUT2D eigenvalue weighted by Gasteiger charge is 2.22. The van der Waals surface area contributed by atoms with Crippen LogP contribution in [0.1, 0.15) is 19.3 Å². The number of nitrogens with two attached hydrogens (primary N) is 1. The van der Waals surface area contributed by atoms with E-state index in [1.165, 1.54) is 7.11 Å². The van der Waals surface area contributed by atoms with Crippen LogP contribution in [0.3, 0.4) is 0 Å². The zero-order valence-corrected chi connectivity index (χ0v) is 8.51. The van der Waals surface area contributed by atoms with Crippen LogP contribution in [0.5, 0.6) is 0 Å². The molecule has 0 saturated carbocycles. The van der Waals surface area contributed by atoms with E-state index in [2.05, 4.69) is 4.74 Å². The summed E-state index contributed by atoms with van der Waals surface area (Å²) in [5, 5.41) is 0. The van der Waals surface area contributed by atoms with Gasteiger partial charge in [-0.05, 0) is 19.3 Å². The van der Waals surface area contributed by atoms with E-state index in [4.69, 9.17) is 10.5 Å². The Bertz CT molecular complexity index is 159. The normalized spacial score (nSPS) is 23.4. The number of carbonyl (C=O) groups is 1. The van der Waals surface area contributed by atoms with Gasteiger partial charge in [-0.2, -0.15) is 0 Å². The van der Waals surface area contributed by atoms with E-state index in [0.29, 0.717) is 6.42 Å². The number of hydrogen-bond acceptors (Lipinski definition) is 4. The minimum absolute atomic E-state index is 0. The first-order valence-electron chi connectivity index (χ1n) is 4.19. The van der Waals surface area contributed by atoms with E-state index in [0.717, 1.165) is 19.4 Å². The fourth-order valence-corrected chi connectivity index (χ4v) is 1.36. The first kappa shape index (κ1) is 12.7. The summed E-state index contributed by atoms with van der Waals surface area (Å²) < 4.78 is 9.83. The summed E-state index contributed by atoms with van der Waals surface area (Å²) in [5.41, 5.74) is 5.55. The van der Waals surface area contributed by atoms with Crippen molar-refractivity contribution in [3.05, 3.63) is 0 Å². The lowest BCUT2D eigenvalue weighted by Crippen LogP contribution is -2.34. The molecule has 13 heavy (non-hydrogen) atoms. The Kier molecular flexibility index (Phi) is 6.03. The first-order chi connectivity index (χ1) is 5.74. The second kappa shape index (κ2) is 6.18. The van der Waals surface area contributed by atoms with Gasteiger partial charge in [-0.3, -0.25) is 4.79 Å². The molecule has 1 heterocycles. The second-order valence-corrected chi connectivity index (χ2v) is 3.00. The van der Waals surface area contributed by atoms with Gasteiger partial charge in [0, 0.05) is 6.61 Å². The summed E-state index contributed by atoms with van der Waals surface area (Å²) in [7, 11) is 1.34. The molecule has 2 atom stereocenters. The highest BCUT2D eigenvalue weighted by molar-refractivity contribution is 5.85. The minimum atomic E-state index is -0.530. The maximum Gasteiger partial charge on any atom is 0.322 e. The van der Waals surface area contributed by atoms with Crippen LogP contribution in [0.15, 0.2) is 0 Å². The number of carbonyl (C=O) groups excluding carboxylic acids is 1. The molecule has 1 rings (SSSR count). The molecule has 0 radical (unpaired) electrons. The molecule has 0 aromatic heterocycles. The Morgan fingerprint density at radius 1 is 1.77 bits per heavy atom. The molecule has 1 aliphatic heterocycles. The topological polar surface area (TPSA) is 61.5 Å². The summed E-state index contributed by atoms with van der Waals surface area (Å²) in [4.78, 5) is 10.9. The van der Waals surface area contributed by atoms with Crippen molar-refractivity contribution in [1.29, 1.82) is 0 Å². The molecule has 0 aromatic rings. The van der Waals surface area contributed by atoms with Gasteiger partial charge in [0.15, 0.2) is 0 Å². The number of rotatable bonds is 3. The zero-order valence-electron chi connectivity index (χ0n) is 7.69. The fourth-order valence-electron chi connectivity index (χ4n) is 1.36. The Hall–Kier alpha value is -0.320. The van der Waals surface area contributed by atoms with Crippen LogP contribution >= 0.6 is 12.4 Å². The number of methoxy groups -OCH3 is 1. The standard InChI is InChI=1S/C8H15NO3.ClH/c1-11-8(10)7(9)5-6-3-2-4-12-6;/h6-7H,2-5,9H2,1H3;1H/t6-,7?;/m0./s1. The van der Waals surface area contributed by atoms with E-state index in [-0.39, 0.29) is 24.5 Å². The molecule has 0 aliphatic carbocycles. The Balaban J connectivity index is 0.00000144. The van der Waals surface area contributed by atoms with E-state index >= 15 is 0 Å². The Morgan fingerprint density at radius 2 is 2.46 bits per heavy atom. The largest absolute Gasteiger partial charge is 0.468 e. The molecular formula is C8H16ClNO3. The lowest BCUT2D eigenvalue weighted by atomic mass is 10.1. The van der Waals surface area contributed by atoms with Crippen LogP contribution in [-0.2, 0) is 14.3 Å². The van der Waals surface area contributed by atoms with Crippen LogP contribution < -0.4 is 5.73 Å². The van der Waals surface area contributed by atoms with Crippen LogP contribution in [0.4, 0.5) is 0 Å². The summed E-state index contributed by atoms with van der Waals surface area (Å²) in [5.74, 6) is -0.356. The third-order valence-electron chi connectivity index (χ3n) is 2.04. The molecule has 78 valence electrons. The van der Waals surface area contributed by atoms with E-state index in [9.17, 15) is 4.79 Å².